The van der Waals surface area contributed by atoms with Gasteiger partial charge in [0.1, 0.15) is 17.7 Å². The molecule has 146 valence electrons. The first-order valence-electron chi connectivity index (χ1n) is 9.22. The Morgan fingerprint density at radius 3 is 2.31 bits per heavy atom. The lowest BCUT2D eigenvalue weighted by Gasteiger charge is -2.42. The van der Waals surface area contributed by atoms with Crippen molar-refractivity contribution in [3.8, 4) is 0 Å². The van der Waals surface area contributed by atoms with Gasteiger partial charge in [-0.2, -0.15) is 0 Å². The van der Waals surface area contributed by atoms with Crippen molar-refractivity contribution in [1.82, 2.24) is 4.90 Å². The molecule has 0 aliphatic carbocycles. The molecule has 3 N–H and O–H groups in total. The van der Waals surface area contributed by atoms with Crippen LogP contribution in [0.15, 0.2) is 12.1 Å². The summed E-state index contributed by atoms with van der Waals surface area (Å²) in [6.07, 6.45) is -1.71. The van der Waals surface area contributed by atoms with Crippen LogP contribution in [0.4, 0.5) is 8.78 Å². The lowest BCUT2D eigenvalue weighted by Crippen LogP contribution is -2.60. The monoisotopic (exact) mass is 371 g/mol. The molecule has 0 bridgehead atoms. The summed E-state index contributed by atoms with van der Waals surface area (Å²) in [4.78, 5) is 1.74. The second-order valence-electron chi connectivity index (χ2n) is 7.38. The highest BCUT2D eigenvalue weighted by molar-refractivity contribution is 5.29. The molecule has 2 fully saturated rings. The fraction of sp³-hybridized carbons (Fsp3) is 0.684. The molecule has 4 atom stereocenters. The molecule has 0 spiro atoms. The first-order chi connectivity index (χ1) is 12.4. The van der Waals surface area contributed by atoms with Gasteiger partial charge in [0.2, 0.25) is 0 Å². The maximum atomic E-state index is 14.5. The largest absolute Gasteiger partial charge is 0.389 e. The van der Waals surface area contributed by atoms with Gasteiger partial charge in [-0.3, -0.25) is 4.90 Å². The summed E-state index contributed by atoms with van der Waals surface area (Å²) in [5.41, 5.74) is 0.690. The molecule has 0 unspecified atom stereocenters. The number of hydrogen-bond acceptors (Lipinski definition) is 5. The predicted octanol–water partition coefficient (Wildman–Crippen LogP) is 1.19. The molecular weight excluding hydrogens is 344 g/mol. The van der Waals surface area contributed by atoms with E-state index in [1.807, 2.05) is 0 Å². The number of β-amino-alcohol motifs (C(OH)–C–C–N with tert-alkyl or cyclic N) is 1. The number of halogens is 2. The first-order valence-corrected chi connectivity index (χ1v) is 9.22. The molecule has 7 heteroatoms. The van der Waals surface area contributed by atoms with Crippen LogP contribution in [0.1, 0.15) is 36.8 Å². The van der Waals surface area contributed by atoms with Gasteiger partial charge in [-0.15, -0.1) is 0 Å². The molecule has 26 heavy (non-hydrogen) atoms. The topological polar surface area (TPSA) is 73.2 Å². The molecule has 1 aromatic rings. The number of piperidine rings is 1. The Hall–Kier alpha value is -1.12. The lowest BCUT2D eigenvalue weighted by atomic mass is 9.90. The van der Waals surface area contributed by atoms with Gasteiger partial charge in [0.05, 0.1) is 12.2 Å². The number of aliphatic hydroxyl groups excluding tert-OH is 3. The third kappa shape index (κ3) is 4.07. The fourth-order valence-electron chi connectivity index (χ4n) is 3.92. The summed E-state index contributed by atoms with van der Waals surface area (Å²) < 4.78 is 34.3. The minimum atomic E-state index is -1.20. The van der Waals surface area contributed by atoms with Crippen LogP contribution in [-0.2, 0) is 11.2 Å². The maximum absolute atomic E-state index is 14.5. The van der Waals surface area contributed by atoms with Crippen LogP contribution >= 0.6 is 0 Å². The van der Waals surface area contributed by atoms with Gasteiger partial charge in [-0.05, 0) is 49.8 Å². The summed E-state index contributed by atoms with van der Waals surface area (Å²) >= 11 is 0. The van der Waals surface area contributed by atoms with E-state index in [9.17, 15) is 24.1 Å². The molecule has 2 heterocycles. The van der Waals surface area contributed by atoms with Crippen LogP contribution in [0.3, 0.4) is 0 Å². The summed E-state index contributed by atoms with van der Waals surface area (Å²) in [5.74, 6) is -0.995. The molecule has 1 aromatic carbocycles. The van der Waals surface area contributed by atoms with Gasteiger partial charge in [-0.25, -0.2) is 8.78 Å². The molecule has 2 aliphatic heterocycles. The van der Waals surface area contributed by atoms with Crippen molar-refractivity contribution in [2.75, 3.05) is 26.3 Å². The van der Waals surface area contributed by atoms with Crippen molar-refractivity contribution in [3.63, 3.8) is 0 Å². The van der Waals surface area contributed by atoms with Crippen LogP contribution in [0.5, 0.6) is 0 Å². The van der Waals surface area contributed by atoms with Crippen LogP contribution < -0.4 is 0 Å². The van der Waals surface area contributed by atoms with E-state index in [-0.39, 0.29) is 31.0 Å². The number of nitrogens with zero attached hydrogens (tertiary/aromatic N) is 1. The maximum Gasteiger partial charge on any atom is 0.129 e. The Kier molecular flexibility index (Phi) is 6.25. The van der Waals surface area contributed by atoms with Crippen molar-refractivity contribution in [3.05, 3.63) is 34.9 Å². The Balaban J connectivity index is 1.68. The van der Waals surface area contributed by atoms with Crippen LogP contribution in [-0.4, -0.2) is 70.9 Å². The van der Waals surface area contributed by atoms with Crippen molar-refractivity contribution >= 4 is 0 Å². The number of rotatable bonds is 4. The standard InChI is InChI=1S/C19H27F2NO4/c1-11-18(24)19(25)17(23)10-22(11)5-2-14-15(20)8-13(9-16(14)21)12-3-6-26-7-4-12/h8-9,11-12,17-19,23-25H,2-7,10H2,1H3/t11-,17+,18-,19-/m1/s1. The van der Waals surface area contributed by atoms with Crippen molar-refractivity contribution in [2.24, 2.45) is 0 Å². The molecular formula is C19H27F2NO4. The van der Waals surface area contributed by atoms with Crippen LogP contribution in [0.25, 0.3) is 0 Å². The fourth-order valence-corrected chi connectivity index (χ4v) is 3.92. The van der Waals surface area contributed by atoms with E-state index in [0.717, 1.165) is 12.8 Å². The van der Waals surface area contributed by atoms with Gasteiger partial charge in [0.15, 0.2) is 0 Å². The van der Waals surface area contributed by atoms with E-state index in [1.165, 1.54) is 12.1 Å². The first kappa shape index (κ1) is 19.6. The zero-order valence-corrected chi connectivity index (χ0v) is 14.9. The van der Waals surface area contributed by atoms with Crippen molar-refractivity contribution in [2.45, 2.75) is 56.5 Å². The van der Waals surface area contributed by atoms with Gasteiger partial charge in [0, 0.05) is 37.9 Å². The SMILES string of the molecule is C[C@@H]1[C@@H](O)[C@H](O)[C@@H](O)CN1CCc1c(F)cc(C2CCOCC2)cc1F. The third-order valence-corrected chi connectivity index (χ3v) is 5.74. The van der Waals surface area contributed by atoms with Gasteiger partial charge in [0.25, 0.3) is 0 Å². The zero-order chi connectivity index (χ0) is 18.8. The van der Waals surface area contributed by atoms with Crippen molar-refractivity contribution < 1.29 is 28.8 Å². The van der Waals surface area contributed by atoms with E-state index < -0.39 is 36.0 Å². The normalized spacial score (nSPS) is 31.3. The lowest BCUT2D eigenvalue weighted by molar-refractivity contribution is -0.132. The Morgan fingerprint density at radius 2 is 1.69 bits per heavy atom. The number of ether oxygens (including phenoxy) is 1. The molecule has 5 nitrogen and oxygen atoms in total. The molecule has 0 amide bonds. The van der Waals surface area contributed by atoms with E-state index >= 15 is 0 Å². The molecule has 3 rings (SSSR count). The number of hydrogen-bond donors (Lipinski definition) is 3. The van der Waals surface area contributed by atoms with E-state index in [1.54, 1.807) is 11.8 Å². The van der Waals surface area contributed by atoms with Crippen molar-refractivity contribution in [1.29, 1.82) is 0 Å². The highest BCUT2D eigenvalue weighted by Crippen LogP contribution is 2.30. The molecule has 0 saturated carbocycles. The van der Waals surface area contributed by atoms with Crippen LogP contribution in [0.2, 0.25) is 0 Å². The Labute approximate surface area is 152 Å². The Morgan fingerprint density at radius 1 is 1.08 bits per heavy atom. The average molecular weight is 371 g/mol. The summed E-state index contributed by atoms with van der Waals surface area (Å²) in [6, 6.07) is 2.43. The second-order valence-corrected chi connectivity index (χ2v) is 7.38. The highest BCUT2D eigenvalue weighted by Gasteiger charge is 2.38. The predicted molar refractivity (Wildman–Crippen MR) is 91.9 cm³/mol. The zero-order valence-electron chi connectivity index (χ0n) is 14.9. The minimum absolute atomic E-state index is 0.0168. The molecule has 2 saturated heterocycles. The molecule has 2 aliphatic rings. The third-order valence-electron chi connectivity index (χ3n) is 5.74. The van der Waals surface area contributed by atoms with E-state index in [2.05, 4.69) is 0 Å². The van der Waals surface area contributed by atoms with Gasteiger partial charge in [-0.1, -0.05) is 0 Å². The number of benzene rings is 1. The molecule has 0 aromatic heterocycles. The summed E-state index contributed by atoms with van der Waals surface area (Å²) in [6.45, 7) is 3.38. The smallest absolute Gasteiger partial charge is 0.129 e. The molecule has 0 radical (unpaired) electrons. The minimum Gasteiger partial charge on any atom is -0.389 e. The Bertz CT molecular complexity index is 601. The quantitative estimate of drug-likeness (QED) is 0.742. The van der Waals surface area contributed by atoms with Gasteiger partial charge >= 0.3 is 0 Å². The second kappa shape index (κ2) is 8.27. The highest BCUT2D eigenvalue weighted by atomic mass is 19.1. The number of likely N-dealkylation sites (tertiary alicyclic amines) is 1. The summed E-state index contributed by atoms with van der Waals surface area (Å²) in [7, 11) is 0. The van der Waals surface area contributed by atoms with Crippen LogP contribution in [0, 0.1) is 11.6 Å². The number of aliphatic hydroxyl groups is 3. The summed E-state index contributed by atoms with van der Waals surface area (Å²) in [5, 5.41) is 29.5. The van der Waals surface area contributed by atoms with Gasteiger partial charge < -0.3 is 20.1 Å². The average Bonchev–Trinajstić information content (AvgIpc) is 2.63. The van der Waals surface area contributed by atoms with E-state index in [4.69, 9.17) is 4.74 Å². The van der Waals surface area contributed by atoms with E-state index in [0.29, 0.717) is 18.8 Å².